The van der Waals surface area contributed by atoms with Crippen molar-refractivity contribution in [1.82, 2.24) is 10.3 Å². The number of rotatable bonds is 3. The molecule has 1 aromatic carbocycles. The lowest BCUT2D eigenvalue weighted by Crippen LogP contribution is -2.43. The highest BCUT2D eigenvalue weighted by Crippen LogP contribution is 2.32. The minimum absolute atomic E-state index is 0.555. The van der Waals surface area contributed by atoms with Gasteiger partial charge in [0.15, 0.2) is 0 Å². The Morgan fingerprint density at radius 2 is 2.10 bits per heavy atom. The van der Waals surface area contributed by atoms with Gasteiger partial charge in [-0.15, -0.1) is 0 Å². The van der Waals surface area contributed by atoms with E-state index >= 15 is 0 Å². The molecule has 2 atom stereocenters. The molecule has 2 unspecified atom stereocenters. The fraction of sp³-hybridized carbons (Fsp3) is 0.500. The number of hydrogen-bond donors (Lipinski definition) is 1. The maximum absolute atomic E-state index is 4.96. The Labute approximate surface area is 127 Å². The van der Waals surface area contributed by atoms with Gasteiger partial charge in [0.25, 0.3) is 0 Å². The molecule has 0 spiro atoms. The van der Waals surface area contributed by atoms with E-state index in [1.165, 1.54) is 23.6 Å². The van der Waals surface area contributed by atoms with Gasteiger partial charge in [0.2, 0.25) is 0 Å². The number of pyridine rings is 1. The largest absolute Gasteiger partial charge is 0.353 e. The fourth-order valence-electron chi connectivity index (χ4n) is 3.36. The van der Waals surface area contributed by atoms with Gasteiger partial charge in [-0.05, 0) is 44.2 Å². The Bertz CT molecular complexity index is 623. The SMILES string of the molecule is CNCc1cc2ccccc2c(N2CCCC(C)C2C)n1. The van der Waals surface area contributed by atoms with Crippen LogP contribution in [0.3, 0.4) is 0 Å². The van der Waals surface area contributed by atoms with Crippen LogP contribution in [0.15, 0.2) is 30.3 Å². The molecular formula is C18H25N3. The Kier molecular flexibility index (Phi) is 4.11. The lowest BCUT2D eigenvalue weighted by molar-refractivity contribution is 0.362. The molecule has 0 saturated carbocycles. The normalized spacial score (nSPS) is 22.7. The molecule has 1 fully saturated rings. The summed E-state index contributed by atoms with van der Waals surface area (Å²) in [5, 5.41) is 5.78. The van der Waals surface area contributed by atoms with Gasteiger partial charge in [0.05, 0.1) is 5.69 Å². The second kappa shape index (κ2) is 6.02. The summed E-state index contributed by atoms with van der Waals surface area (Å²) < 4.78 is 0. The molecule has 3 nitrogen and oxygen atoms in total. The molecule has 3 rings (SSSR count). The zero-order valence-electron chi connectivity index (χ0n) is 13.3. The molecule has 21 heavy (non-hydrogen) atoms. The van der Waals surface area contributed by atoms with Gasteiger partial charge in [-0.1, -0.05) is 31.2 Å². The van der Waals surface area contributed by atoms with Gasteiger partial charge >= 0.3 is 0 Å². The average Bonchev–Trinajstić information content (AvgIpc) is 2.50. The monoisotopic (exact) mass is 283 g/mol. The van der Waals surface area contributed by atoms with Gasteiger partial charge < -0.3 is 10.2 Å². The van der Waals surface area contributed by atoms with E-state index in [9.17, 15) is 0 Å². The average molecular weight is 283 g/mol. The summed E-state index contributed by atoms with van der Waals surface area (Å²) in [7, 11) is 1.97. The summed E-state index contributed by atoms with van der Waals surface area (Å²) in [6, 6.07) is 11.4. The van der Waals surface area contributed by atoms with E-state index in [2.05, 4.69) is 54.4 Å². The van der Waals surface area contributed by atoms with Crippen LogP contribution in [0.2, 0.25) is 0 Å². The summed E-state index contributed by atoms with van der Waals surface area (Å²) in [6.07, 6.45) is 2.59. The van der Waals surface area contributed by atoms with E-state index in [1.807, 2.05) is 7.05 Å². The first-order chi connectivity index (χ1) is 10.2. The second-order valence-electron chi connectivity index (χ2n) is 6.24. The molecular weight excluding hydrogens is 258 g/mol. The number of nitrogens with one attached hydrogen (secondary N) is 1. The number of hydrogen-bond acceptors (Lipinski definition) is 3. The molecule has 1 aromatic heterocycles. The molecule has 112 valence electrons. The van der Waals surface area contributed by atoms with Gasteiger partial charge in [-0.2, -0.15) is 0 Å². The summed E-state index contributed by atoms with van der Waals surface area (Å²) in [4.78, 5) is 7.47. The number of fused-ring (bicyclic) bond motifs is 1. The van der Waals surface area contributed by atoms with E-state index in [0.717, 1.165) is 30.5 Å². The molecule has 0 aliphatic carbocycles. The van der Waals surface area contributed by atoms with Crippen LogP contribution in [0.1, 0.15) is 32.4 Å². The quantitative estimate of drug-likeness (QED) is 0.933. The maximum Gasteiger partial charge on any atom is 0.137 e. The van der Waals surface area contributed by atoms with Crippen molar-refractivity contribution in [3.05, 3.63) is 36.0 Å². The molecule has 0 amide bonds. The number of nitrogens with zero attached hydrogens (tertiary/aromatic N) is 2. The highest BCUT2D eigenvalue weighted by Gasteiger charge is 2.27. The smallest absolute Gasteiger partial charge is 0.137 e. The van der Waals surface area contributed by atoms with E-state index in [1.54, 1.807) is 0 Å². The molecule has 2 heterocycles. The zero-order chi connectivity index (χ0) is 14.8. The fourth-order valence-corrected chi connectivity index (χ4v) is 3.36. The lowest BCUT2D eigenvalue weighted by Gasteiger charge is -2.39. The third-order valence-corrected chi connectivity index (χ3v) is 4.78. The standard InChI is InChI=1S/C18H25N3/c1-13-7-6-10-21(14(13)2)18-17-9-5-4-8-15(17)11-16(20-18)12-19-3/h4-5,8-9,11,13-14,19H,6-7,10,12H2,1-3H3. The molecule has 1 saturated heterocycles. The highest BCUT2D eigenvalue weighted by atomic mass is 15.2. The molecule has 1 aliphatic heterocycles. The first kappa shape index (κ1) is 14.3. The molecule has 3 heteroatoms. The van der Waals surface area contributed by atoms with Crippen molar-refractivity contribution in [3.8, 4) is 0 Å². The zero-order valence-corrected chi connectivity index (χ0v) is 13.3. The molecule has 2 aromatic rings. The van der Waals surface area contributed by atoms with Gasteiger partial charge in [0, 0.05) is 24.5 Å². The first-order valence-electron chi connectivity index (χ1n) is 8.00. The lowest BCUT2D eigenvalue weighted by atomic mass is 9.91. The Hall–Kier alpha value is -1.61. The van der Waals surface area contributed by atoms with Crippen LogP contribution in [-0.2, 0) is 6.54 Å². The van der Waals surface area contributed by atoms with Gasteiger partial charge in [-0.25, -0.2) is 4.98 Å². The van der Waals surface area contributed by atoms with Crippen molar-refractivity contribution in [3.63, 3.8) is 0 Å². The number of anilines is 1. The van der Waals surface area contributed by atoms with E-state index in [0.29, 0.717) is 6.04 Å². The number of aromatic nitrogens is 1. The molecule has 0 bridgehead atoms. The molecule has 1 N–H and O–H groups in total. The Morgan fingerprint density at radius 1 is 1.29 bits per heavy atom. The van der Waals surface area contributed by atoms with Crippen LogP contribution in [-0.4, -0.2) is 24.6 Å². The van der Waals surface area contributed by atoms with Gasteiger partial charge in [0.1, 0.15) is 5.82 Å². The van der Waals surface area contributed by atoms with Gasteiger partial charge in [-0.3, -0.25) is 0 Å². The van der Waals surface area contributed by atoms with Crippen molar-refractivity contribution >= 4 is 16.6 Å². The molecule has 0 radical (unpaired) electrons. The third kappa shape index (κ3) is 2.75. The minimum Gasteiger partial charge on any atom is -0.353 e. The number of piperidine rings is 1. The van der Waals surface area contributed by atoms with Crippen molar-refractivity contribution in [2.45, 2.75) is 39.3 Å². The van der Waals surface area contributed by atoms with Crippen LogP contribution in [0.4, 0.5) is 5.82 Å². The predicted octanol–water partition coefficient (Wildman–Crippen LogP) is 3.58. The number of benzene rings is 1. The van der Waals surface area contributed by atoms with E-state index in [-0.39, 0.29) is 0 Å². The second-order valence-corrected chi connectivity index (χ2v) is 6.24. The summed E-state index contributed by atoms with van der Waals surface area (Å²) in [5.41, 5.74) is 1.12. The van der Waals surface area contributed by atoms with Crippen LogP contribution in [0.5, 0.6) is 0 Å². The van der Waals surface area contributed by atoms with Crippen LogP contribution in [0, 0.1) is 5.92 Å². The van der Waals surface area contributed by atoms with E-state index < -0.39 is 0 Å². The van der Waals surface area contributed by atoms with Crippen molar-refractivity contribution in [1.29, 1.82) is 0 Å². The third-order valence-electron chi connectivity index (χ3n) is 4.78. The summed E-state index contributed by atoms with van der Waals surface area (Å²) in [6.45, 7) is 6.63. The Morgan fingerprint density at radius 3 is 2.90 bits per heavy atom. The first-order valence-corrected chi connectivity index (χ1v) is 8.00. The topological polar surface area (TPSA) is 28.2 Å². The minimum atomic E-state index is 0.555. The van der Waals surface area contributed by atoms with Crippen LogP contribution in [0.25, 0.3) is 10.8 Å². The van der Waals surface area contributed by atoms with Crippen molar-refractivity contribution < 1.29 is 0 Å². The summed E-state index contributed by atoms with van der Waals surface area (Å²) in [5.74, 6) is 1.89. The van der Waals surface area contributed by atoms with Crippen LogP contribution < -0.4 is 10.2 Å². The highest BCUT2D eigenvalue weighted by molar-refractivity contribution is 5.92. The van der Waals surface area contributed by atoms with Crippen molar-refractivity contribution in [2.24, 2.45) is 5.92 Å². The van der Waals surface area contributed by atoms with Crippen LogP contribution >= 0.6 is 0 Å². The maximum atomic E-state index is 4.96. The Balaban J connectivity index is 2.10. The molecule has 1 aliphatic rings. The summed E-state index contributed by atoms with van der Waals surface area (Å²) >= 11 is 0. The van der Waals surface area contributed by atoms with Crippen molar-refractivity contribution in [2.75, 3.05) is 18.5 Å². The van der Waals surface area contributed by atoms with E-state index in [4.69, 9.17) is 4.98 Å². The predicted molar refractivity (Wildman–Crippen MR) is 89.7 cm³/mol.